The van der Waals surface area contributed by atoms with Gasteiger partial charge in [0.15, 0.2) is 6.61 Å². The van der Waals surface area contributed by atoms with Gasteiger partial charge in [-0.3, -0.25) is 14.9 Å². The van der Waals surface area contributed by atoms with Gasteiger partial charge in [-0.1, -0.05) is 44.4 Å². The highest BCUT2D eigenvalue weighted by atomic mass is 16.5. The molecule has 1 fully saturated rings. The standard InChI is InChI=1S/C21H29N3O5/c1-13(2)18(24-19(26)15-10-8-14(3)9-11-15)20(27)29-12-17(25)23-21(28)22-16-6-4-5-7-16/h8-11,13,16,18H,4-7,12H2,1-3H3,(H,24,26)(H2,22,23,25,28). The first-order valence-electron chi connectivity index (χ1n) is 9.90. The van der Waals surface area contributed by atoms with E-state index < -0.39 is 36.5 Å². The van der Waals surface area contributed by atoms with Gasteiger partial charge in [-0.25, -0.2) is 9.59 Å². The number of carbonyl (C=O) groups is 4. The predicted octanol–water partition coefficient (Wildman–Crippen LogP) is 2.06. The lowest BCUT2D eigenvalue weighted by Crippen LogP contribution is -2.47. The zero-order valence-corrected chi connectivity index (χ0v) is 17.1. The Morgan fingerprint density at radius 1 is 1.07 bits per heavy atom. The molecular formula is C21H29N3O5. The molecule has 1 atom stereocenters. The quantitative estimate of drug-likeness (QED) is 0.603. The van der Waals surface area contributed by atoms with Crippen molar-refractivity contribution in [2.24, 2.45) is 5.92 Å². The van der Waals surface area contributed by atoms with Crippen LogP contribution in [-0.4, -0.2) is 42.5 Å². The van der Waals surface area contributed by atoms with E-state index in [1.165, 1.54) is 0 Å². The molecule has 3 N–H and O–H groups in total. The summed E-state index contributed by atoms with van der Waals surface area (Å²) in [6.07, 6.45) is 3.91. The Morgan fingerprint density at radius 3 is 2.28 bits per heavy atom. The van der Waals surface area contributed by atoms with Crippen LogP contribution in [0, 0.1) is 12.8 Å². The molecule has 0 radical (unpaired) electrons. The lowest BCUT2D eigenvalue weighted by atomic mass is 10.0. The van der Waals surface area contributed by atoms with Gasteiger partial charge in [0.25, 0.3) is 11.8 Å². The largest absolute Gasteiger partial charge is 0.454 e. The molecule has 29 heavy (non-hydrogen) atoms. The molecule has 1 aromatic rings. The predicted molar refractivity (Wildman–Crippen MR) is 107 cm³/mol. The molecule has 0 spiro atoms. The molecule has 158 valence electrons. The topological polar surface area (TPSA) is 114 Å². The van der Waals surface area contributed by atoms with Crippen molar-refractivity contribution in [2.45, 2.75) is 58.5 Å². The third kappa shape index (κ3) is 7.21. The normalized spacial score (nSPS) is 14.9. The number of esters is 1. The van der Waals surface area contributed by atoms with E-state index in [1.807, 2.05) is 6.92 Å². The second-order valence-corrected chi connectivity index (χ2v) is 7.67. The summed E-state index contributed by atoms with van der Waals surface area (Å²) >= 11 is 0. The van der Waals surface area contributed by atoms with Crippen LogP contribution < -0.4 is 16.0 Å². The molecule has 1 aliphatic rings. The summed E-state index contributed by atoms with van der Waals surface area (Å²) in [7, 11) is 0. The van der Waals surface area contributed by atoms with E-state index in [-0.39, 0.29) is 12.0 Å². The number of benzene rings is 1. The molecule has 1 saturated carbocycles. The first kappa shape index (κ1) is 22.4. The van der Waals surface area contributed by atoms with Crippen LogP contribution in [0.1, 0.15) is 55.5 Å². The summed E-state index contributed by atoms with van der Waals surface area (Å²) in [6.45, 7) is 4.84. The maximum Gasteiger partial charge on any atom is 0.329 e. The fourth-order valence-electron chi connectivity index (χ4n) is 3.11. The number of rotatable bonds is 7. The van der Waals surface area contributed by atoms with Gasteiger partial charge in [0.05, 0.1) is 0 Å². The van der Waals surface area contributed by atoms with Gasteiger partial charge in [-0.05, 0) is 37.8 Å². The molecule has 8 heteroatoms. The molecule has 2 rings (SSSR count). The summed E-state index contributed by atoms with van der Waals surface area (Å²) < 4.78 is 5.01. The molecule has 4 amide bonds. The number of urea groups is 1. The van der Waals surface area contributed by atoms with Crippen LogP contribution in [0.15, 0.2) is 24.3 Å². The van der Waals surface area contributed by atoms with E-state index in [0.29, 0.717) is 5.56 Å². The van der Waals surface area contributed by atoms with Crippen LogP contribution in [-0.2, 0) is 14.3 Å². The van der Waals surface area contributed by atoms with Gasteiger partial charge >= 0.3 is 12.0 Å². The number of hydrogen-bond acceptors (Lipinski definition) is 5. The van der Waals surface area contributed by atoms with Crippen LogP contribution in [0.2, 0.25) is 0 Å². The highest BCUT2D eigenvalue weighted by Gasteiger charge is 2.27. The first-order valence-corrected chi connectivity index (χ1v) is 9.90. The van der Waals surface area contributed by atoms with Crippen LogP contribution in [0.25, 0.3) is 0 Å². The Bertz CT molecular complexity index is 739. The lowest BCUT2D eigenvalue weighted by molar-refractivity contribution is -0.151. The average molecular weight is 403 g/mol. The fourth-order valence-corrected chi connectivity index (χ4v) is 3.11. The Hall–Kier alpha value is -2.90. The molecule has 1 aliphatic carbocycles. The van der Waals surface area contributed by atoms with Gasteiger partial charge in [0.1, 0.15) is 6.04 Å². The number of carbonyl (C=O) groups excluding carboxylic acids is 4. The molecule has 1 unspecified atom stereocenters. The molecular weight excluding hydrogens is 374 g/mol. The van der Waals surface area contributed by atoms with Crippen LogP contribution in [0.4, 0.5) is 4.79 Å². The minimum atomic E-state index is -0.913. The first-order chi connectivity index (χ1) is 13.8. The third-order valence-corrected chi connectivity index (χ3v) is 4.81. The average Bonchev–Trinajstić information content (AvgIpc) is 3.17. The van der Waals surface area contributed by atoms with Crippen molar-refractivity contribution < 1.29 is 23.9 Å². The zero-order valence-electron chi connectivity index (χ0n) is 17.1. The zero-order chi connectivity index (χ0) is 21.4. The van der Waals surface area contributed by atoms with E-state index in [9.17, 15) is 19.2 Å². The van der Waals surface area contributed by atoms with Crippen molar-refractivity contribution in [1.29, 1.82) is 0 Å². The number of ether oxygens (including phenoxy) is 1. The molecule has 8 nitrogen and oxygen atoms in total. The number of imide groups is 1. The van der Waals surface area contributed by atoms with E-state index in [4.69, 9.17) is 4.74 Å². The smallest absolute Gasteiger partial charge is 0.329 e. The molecule has 0 bridgehead atoms. The maximum atomic E-state index is 12.4. The molecule has 0 aromatic heterocycles. The SMILES string of the molecule is Cc1ccc(C(=O)NC(C(=O)OCC(=O)NC(=O)NC2CCCC2)C(C)C)cc1. The van der Waals surface area contributed by atoms with Crippen molar-refractivity contribution in [3.8, 4) is 0 Å². The van der Waals surface area contributed by atoms with Gasteiger partial charge in [-0.2, -0.15) is 0 Å². The number of hydrogen-bond donors (Lipinski definition) is 3. The van der Waals surface area contributed by atoms with Crippen molar-refractivity contribution >= 4 is 23.8 Å². The summed E-state index contributed by atoms with van der Waals surface area (Å²) in [5.74, 6) is -2.10. The van der Waals surface area contributed by atoms with E-state index >= 15 is 0 Å². The van der Waals surface area contributed by atoms with Crippen molar-refractivity contribution in [3.05, 3.63) is 35.4 Å². The van der Waals surface area contributed by atoms with Crippen LogP contribution in [0.3, 0.4) is 0 Å². The minimum absolute atomic E-state index is 0.0765. The Morgan fingerprint density at radius 2 is 1.69 bits per heavy atom. The molecule has 0 aliphatic heterocycles. The van der Waals surface area contributed by atoms with Gasteiger partial charge in [0.2, 0.25) is 0 Å². The monoisotopic (exact) mass is 403 g/mol. The lowest BCUT2D eigenvalue weighted by Gasteiger charge is -2.21. The number of amides is 4. The molecule has 0 saturated heterocycles. The van der Waals surface area contributed by atoms with E-state index in [2.05, 4.69) is 16.0 Å². The second-order valence-electron chi connectivity index (χ2n) is 7.67. The fraction of sp³-hybridized carbons (Fsp3) is 0.524. The van der Waals surface area contributed by atoms with Crippen molar-refractivity contribution in [2.75, 3.05) is 6.61 Å². The summed E-state index contributed by atoms with van der Waals surface area (Å²) in [6, 6.07) is 5.52. The molecule has 1 aromatic carbocycles. The molecule has 0 heterocycles. The third-order valence-electron chi connectivity index (χ3n) is 4.81. The summed E-state index contributed by atoms with van der Waals surface area (Å²) in [5.41, 5.74) is 1.44. The van der Waals surface area contributed by atoms with Crippen molar-refractivity contribution in [3.63, 3.8) is 0 Å². The van der Waals surface area contributed by atoms with Gasteiger partial charge in [0, 0.05) is 11.6 Å². The number of aryl methyl sites for hydroxylation is 1. The Balaban J connectivity index is 1.82. The summed E-state index contributed by atoms with van der Waals surface area (Å²) in [5, 5.41) is 7.51. The van der Waals surface area contributed by atoms with Gasteiger partial charge < -0.3 is 15.4 Å². The van der Waals surface area contributed by atoms with Crippen LogP contribution >= 0.6 is 0 Å². The van der Waals surface area contributed by atoms with Crippen molar-refractivity contribution in [1.82, 2.24) is 16.0 Å². The number of nitrogens with one attached hydrogen (secondary N) is 3. The minimum Gasteiger partial charge on any atom is -0.454 e. The van der Waals surface area contributed by atoms with Crippen LogP contribution in [0.5, 0.6) is 0 Å². The second kappa shape index (κ2) is 10.6. The maximum absolute atomic E-state index is 12.4. The highest BCUT2D eigenvalue weighted by molar-refractivity contribution is 5.98. The highest BCUT2D eigenvalue weighted by Crippen LogP contribution is 2.17. The van der Waals surface area contributed by atoms with E-state index in [1.54, 1.807) is 38.1 Å². The van der Waals surface area contributed by atoms with Gasteiger partial charge in [-0.15, -0.1) is 0 Å². The Labute approximate surface area is 170 Å². The summed E-state index contributed by atoms with van der Waals surface area (Å²) in [4.78, 5) is 48.4. The Kier molecular flexibility index (Phi) is 8.18. The van der Waals surface area contributed by atoms with E-state index in [0.717, 1.165) is 31.2 Å².